The van der Waals surface area contributed by atoms with Gasteiger partial charge in [-0.1, -0.05) is 0 Å². The van der Waals surface area contributed by atoms with Gasteiger partial charge in [0.15, 0.2) is 0 Å². The first kappa shape index (κ1) is 16.5. The molecule has 0 unspecified atom stereocenters. The molecule has 3 rings (SSSR count). The molecule has 2 aliphatic heterocycles. The van der Waals surface area contributed by atoms with E-state index >= 15 is 0 Å². The van der Waals surface area contributed by atoms with Crippen molar-refractivity contribution in [3.05, 3.63) is 35.4 Å². The third-order valence-electron chi connectivity index (χ3n) is 4.10. The fraction of sp³-hybridized carbons (Fsp3) is 0.625. The molecule has 2 nitrogen and oxygen atoms in total. The molecule has 0 saturated carbocycles. The van der Waals surface area contributed by atoms with Gasteiger partial charge >= 0.3 is 27.9 Å². The number of benzene rings is 1. The van der Waals surface area contributed by atoms with Crippen LogP contribution < -0.4 is 0 Å². The van der Waals surface area contributed by atoms with Crippen molar-refractivity contribution in [2.24, 2.45) is 0 Å². The predicted octanol–water partition coefficient (Wildman–Crippen LogP) is 3.52. The van der Waals surface area contributed by atoms with Crippen LogP contribution in [0.4, 0.5) is 0 Å². The molecule has 0 aliphatic carbocycles. The maximum Gasteiger partial charge on any atom is 0.000741 e. The van der Waals surface area contributed by atoms with Gasteiger partial charge in [0.25, 0.3) is 0 Å². The summed E-state index contributed by atoms with van der Waals surface area (Å²) in [5.74, 6) is 0. The number of rotatable bonds is 4. The molecular weight excluding hydrogens is 359 g/mol. The van der Waals surface area contributed by atoms with Crippen molar-refractivity contribution in [2.45, 2.75) is 38.8 Å². The standard InChI is InChI=1S/C16H23N2.BrH.Ni/c1-2-9-17(8-1)13-15-6-5-7-16(12-15)14-18-10-3-4-11-18;;/h5-7H,1-4,8-11,13-14H2;1H;/q-1;;+1/p-1. The molecule has 0 bridgehead atoms. The van der Waals surface area contributed by atoms with Gasteiger partial charge in [0.05, 0.1) is 0 Å². The van der Waals surface area contributed by atoms with Crippen LogP contribution in [0.25, 0.3) is 0 Å². The Kier molecular flexibility index (Phi) is 7.58. The molecule has 2 aliphatic rings. The van der Waals surface area contributed by atoms with Gasteiger partial charge < -0.3 is 9.80 Å². The van der Waals surface area contributed by atoms with Gasteiger partial charge in [0, 0.05) is 13.1 Å². The maximum absolute atomic E-state index is 3.69. The zero-order chi connectivity index (χ0) is 14.2. The largest absolute Gasteiger partial charge is 0.301 e. The quantitative estimate of drug-likeness (QED) is 0.581. The fourth-order valence-electron chi connectivity index (χ4n) is 3.12. The van der Waals surface area contributed by atoms with E-state index in [4.69, 9.17) is 0 Å². The first-order valence-electron chi connectivity index (χ1n) is 7.47. The van der Waals surface area contributed by atoms with Crippen LogP contribution in [-0.2, 0) is 26.8 Å². The van der Waals surface area contributed by atoms with E-state index in [1.54, 1.807) is 0 Å². The van der Waals surface area contributed by atoms with Crippen molar-refractivity contribution in [3.8, 4) is 0 Å². The zero-order valence-corrected chi connectivity index (χ0v) is 14.5. The summed E-state index contributed by atoms with van der Waals surface area (Å²) in [6.07, 6.45) is 5.47. The van der Waals surface area contributed by atoms with Crippen molar-refractivity contribution >= 4 is 14.2 Å². The van der Waals surface area contributed by atoms with E-state index < -0.39 is 0 Å². The zero-order valence-electron chi connectivity index (χ0n) is 11.9. The molecule has 0 spiro atoms. The number of likely N-dealkylation sites (tertiary alicyclic amines) is 2. The minimum atomic E-state index is 1.09. The Labute approximate surface area is 138 Å². The molecule has 4 heteroatoms. The Morgan fingerprint density at radius 3 is 1.65 bits per heavy atom. The Balaban J connectivity index is 0.000000704. The van der Waals surface area contributed by atoms with Gasteiger partial charge in [0.2, 0.25) is 0 Å². The molecule has 2 saturated heterocycles. The molecule has 0 aromatic heterocycles. The van der Waals surface area contributed by atoms with Crippen molar-refractivity contribution < 1.29 is 13.7 Å². The molecule has 1 aromatic carbocycles. The number of nitrogens with zero attached hydrogens (tertiary/aromatic N) is 2. The molecule has 115 valence electrons. The minimum absolute atomic E-state index is 1.09. The van der Waals surface area contributed by atoms with E-state index in [0.717, 1.165) is 13.1 Å². The van der Waals surface area contributed by atoms with Crippen LogP contribution in [0.15, 0.2) is 18.2 Å². The summed E-state index contributed by atoms with van der Waals surface area (Å²) in [5.41, 5.74) is 2.74. The summed E-state index contributed by atoms with van der Waals surface area (Å²) in [6, 6.07) is 10.3. The van der Waals surface area contributed by atoms with E-state index in [1.807, 2.05) is 0 Å². The Bertz CT molecular complexity index is 355. The van der Waals surface area contributed by atoms with E-state index in [1.165, 1.54) is 63.0 Å². The number of hydrogen-bond acceptors (Lipinski definition) is 2. The van der Waals surface area contributed by atoms with Crippen molar-refractivity contribution in [2.75, 3.05) is 26.2 Å². The second-order valence-corrected chi connectivity index (χ2v) is 5.67. The van der Waals surface area contributed by atoms with Crippen LogP contribution in [0, 0.1) is 6.07 Å². The first-order valence-corrected chi connectivity index (χ1v) is 9.91. The van der Waals surface area contributed by atoms with Gasteiger partial charge in [-0.05, 0) is 51.9 Å². The molecule has 1 aromatic rings. The van der Waals surface area contributed by atoms with Gasteiger partial charge in [0.1, 0.15) is 0 Å². The third-order valence-corrected chi connectivity index (χ3v) is 4.10. The number of halogens is 1. The van der Waals surface area contributed by atoms with E-state index in [9.17, 15) is 0 Å². The van der Waals surface area contributed by atoms with Gasteiger partial charge in [-0.2, -0.15) is 24.3 Å². The molecule has 0 amide bonds. The summed E-state index contributed by atoms with van der Waals surface area (Å²) >= 11 is 6.25. The van der Waals surface area contributed by atoms with E-state index in [0.29, 0.717) is 0 Å². The smallest absolute Gasteiger partial charge is 0.000741 e. The fourth-order valence-corrected chi connectivity index (χ4v) is 3.12. The summed E-state index contributed by atoms with van der Waals surface area (Å²) in [6.45, 7) is 7.25. The predicted molar refractivity (Wildman–Crippen MR) is 83.2 cm³/mol. The summed E-state index contributed by atoms with van der Waals surface area (Å²) in [7, 11) is 0. The summed E-state index contributed by atoms with van der Waals surface area (Å²) in [4.78, 5) is 5.09. The van der Waals surface area contributed by atoms with Crippen LogP contribution in [0.1, 0.15) is 36.8 Å². The second kappa shape index (κ2) is 9.20. The number of hydrogen-bond donors (Lipinski definition) is 0. The first-order chi connectivity index (χ1) is 9.90. The van der Waals surface area contributed by atoms with E-state index in [2.05, 4.69) is 62.0 Å². The Hall–Kier alpha value is 0.114. The van der Waals surface area contributed by atoms with Crippen LogP contribution in [0.5, 0.6) is 0 Å². The molecular formula is C16H23BrN2Ni-. The molecule has 0 radical (unpaired) electrons. The second-order valence-electron chi connectivity index (χ2n) is 5.67. The molecule has 2 fully saturated rings. The summed E-state index contributed by atoms with van der Waals surface area (Å²) in [5, 5.41) is 0. The molecule has 20 heavy (non-hydrogen) atoms. The normalized spacial score (nSPS) is 19.9. The van der Waals surface area contributed by atoms with Gasteiger partial charge in [-0.3, -0.25) is 0 Å². The summed E-state index contributed by atoms with van der Waals surface area (Å²) < 4.78 is 0. The average Bonchev–Trinajstić information content (AvgIpc) is 3.15. The minimum Gasteiger partial charge on any atom is -0.301 e. The van der Waals surface area contributed by atoms with E-state index in [-0.39, 0.29) is 0 Å². The van der Waals surface area contributed by atoms with Crippen LogP contribution >= 0.6 is 14.2 Å². The monoisotopic (exact) mass is 380 g/mol. The Morgan fingerprint density at radius 2 is 1.25 bits per heavy atom. The van der Waals surface area contributed by atoms with Crippen molar-refractivity contribution in [1.29, 1.82) is 0 Å². The van der Waals surface area contributed by atoms with Crippen LogP contribution in [0.2, 0.25) is 0 Å². The van der Waals surface area contributed by atoms with Crippen molar-refractivity contribution in [1.82, 2.24) is 9.80 Å². The van der Waals surface area contributed by atoms with Gasteiger partial charge in [-0.15, -0.1) is 11.1 Å². The topological polar surface area (TPSA) is 6.48 Å². The molecule has 0 atom stereocenters. The van der Waals surface area contributed by atoms with Gasteiger partial charge in [-0.25, -0.2) is 0 Å². The SMILES string of the molecule is [Ni][Br].[c-]1c(CN2CCCC2)cccc1CN1CCCC1. The van der Waals surface area contributed by atoms with Crippen LogP contribution in [-0.4, -0.2) is 36.0 Å². The maximum atomic E-state index is 3.69. The van der Waals surface area contributed by atoms with Crippen LogP contribution in [0.3, 0.4) is 0 Å². The molecule has 2 heterocycles. The Morgan fingerprint density at radius 1 is 0.850 bits per heavy atom. The third kappa shape index (κ3) is 5.14. The molecule has 0 N–H and O–H groups in total. The van der Waals surface area contributed by atoms with Crippen molar-refractivity contribution in [3.63, 3.8) is 0 Å². The average molecular weight is 382 g/mol.